The quantitative estimate of drug-likeness (QED) is 0.850. The van der Waals surface area contributed by atoms with Crippen LogP contribution in [0.1, 0.15) is 4.88 Å². The van der Waals surface area contributed by atoms with Gasteiger partial charge in [-0.05, 0) is 33.4 Å². The molecule has 0 aliphatic rings. The van der Waals surface area contributed by atoms with Crippen molar-refractivity contribution in [2.24, 2.45) is 0 Å². The van der Waals surface area contributed by atoms with Gasteiger partial charge in [-0.25, -0.2) is 13.1 Å². The highest BCUT2D eigenvalue weighted by atomic mass is 79.9. The average Bonchev–Trinajstić information content (AvgIpc) is 2.76. The Morgan fingerprint density at radius 2 is 2.21 bits per heavy atom. The van der Waals surface area contributed by atoms with E-state index in [4.69, 9.17) is 11.6 Å². The van der Waals surface area contributed by atoms with E-state index in [9.17, 15) is 13.2 Å². The van der Waals surface area contributed by atoms with Crippen LogP contribution in [0.15, 0.2) is 37.9 Å². The van der Waals surface area contributed by atoms with Crippen molar-refractivity contribution >= 4 is 48.9 Å². The highest BCUT2D eigenvalue weighted by Crippen LogP contribution is 2.22. The Morgan fingerprint density at radius 1 is 1.47 bits per heavy atom. The standard InChI is InChI=1S/C10H8BrClN2O3S2/c11-7-1-2-18-9(7)5-14-19(16,17)6-3-8(12)10(15)13-4-6/h1-4,14H,5H2,(H,13,15). The summed E-state index contributed by atoms with van der Waals surface area (Å²) in [6, 6.07) is 2.96. The Bertz CT molecular complexity index is 754. The van der Waals surface area contributed by atoms with Crippen LogP contribution in [-0.2, 0) is 16.6 Å². The summed E-state index contributed by atoms with van der Waals surface area (Å²) in [5.41, 5.74) is -0.526. The van der Waals surface area contributed by atoms with Gasteiger partial charge in [0.15, 0.2) is 0 Å². The third kappa shape index (κ3) is 3.46. The number of rotatable bonds is 4. The molecule has 2 N–H and O–H groups in total. The molecule has 0 saturated heterocycles. The first kappa shape index (κ1) is 14.7. The van der Waals surface area contributed by atoms with Crippen LogP contribution < -0.4 is 10.3 Å². The van der Waals surface area contributed by atoms with Gasteiger partial charge < -0.3 is 4.98 Å². The molecule has 2 heterocycles. The first-order valence-corrected chi connectivity index (χ1v) is 8.53. The zero-order valence-corrected chi connectivity index (χ0v) is 13.3. The summed E-state index contributed by atoms with van der Waals surface area (Å²) in [4.78, 5) is 14.1. The van der Waals surface area contributed by atoms with Crippen molar-refractivity contribution in [1.29, 1.82) is 0 Å². The number of sulfonamides is 1. The van der Waals surface area contributed by atoms with Gasteiger partial charge in [-0.3, -0.25) is 4.79 Å². The maximum absolute atomic E-state index is 12.0. The predicted molar refractivity (Wildman–Crippen MR) is 78.1 cm³/mol. The number of H-pyrrole nitrogens is 1. The number of pyridine rings is 1. The van der Waals surface area contributed by atoms with Crippen LogP contribution in [0.5, 0.6) is 0 Å². The molecule has 2 aromatic rings. The molecule has 2 rings (SSSR count). The smallest absolute Gasteiger partial charge is 0.266 e. The molecule has 0 bridgehead atoms. The van der Waals surface area contributed by atoms with E-state index in [0.717, 1.165) is 21.6 Å². The third-order valence-electron chi connectivity index (χ3n) is 2.26. The molecule has 102 valence electrons. The summed E-state index contributed by atoms with van der Waals surface area (Å²) in [5.74, 6) is 0. The Balaban J connectivity index is 2.21. The number of hydrogen-bond acceptors (Lipinski definition) is 4. The fourth-order valence-corrected chi connectivity index (χ4v) is 4.04. The van der Waals surface area contributed by atoms with E-state index >= 15 is 0 Å². The summed E-state index contributed by atoms with van der Waals surface area (Å²) < 4.78 is 27.3. The van der Waals surface area contributed by atoms with Crippen LogP contribution in [-0.4, -0.2) is 13.4 Å². The molecule has 0 atom stereocenters. The van der Waals surface area contributed by atoms with Crippen LogP contribution in [0, 0.1) is 0 Å². The van der Waals surface area contributed by atoms with Crippen molar-refractivity contribution < 1.29 is 8.42 Å². The summed E-state index contributed by atoms with van der Waals surface area (Å²) in [6.45, 7) is 0.164. The molecule has 19 heavy (non-hydrogen) atoms. The molecule has 0 saturated carbocycles. The van der Waals surface area contributed by atoms with Crippen LogP contribution in [0.2, 0.25) is 5.02 Å². The monoisotopic (exact) mass is 382 g/mol. The minimum Gasteiger partial charge on any atom is -0.326 e. The van der Waals surface area contributed by atoms with Crippen LogP contribution >= 0.6 is 38.9 Å². The van der Waals surface area contributed by atoms with Gasteiger partial charge in [-0.1, -0.05) is 11.6 Å². The number of halogens is 2. The number of aromatic nitrogens is 1. The predicted octanol–water partition coefficient (Wildman–Crippen LogP) is 2.33. The number of hydrogen-bond donors (Lipinski definition) is 2. The van der Waals surface area contributed by atoms with Crippen molar-refractivity contribution in [2.75, 3.05) is 0 Å². The maximum Gasteiger partial charge on any atom is 0.266 e. The SMILES string of the molecule is O=c1[nH]cc(S(=O)(=O)NCc2sccc2Br)cc1Cl. The van der Waals surface area contributed by atoms with Crippen LogP contribution in [0.25, 0.3) is 0 Å². The molecule has 0 amide bonds. The Hall–Kier alpha value is -0.670. The molecule has 0 fully saturated rings. The van der Waals surface area contributed by atoms with Gasteiger partial charge in [-0.2, -0.15) is 0 Å². The molecular weight excluding hydrogens is 376 g/mol. The van der Waals surface area contributed by atoms with Gasteiger partial charge in [0, 0.05) is 22.1 Å². The molecular formula is C10H8BrClN2O3S2. The first-order chi connectivity index (χ1) is 8.90. The summed E-state index contributed by atoms with van der Waals surface area (Å²) in [6.07, 6.45) is 1.11. The highest BCUT2D eigenvalue weighted by Gasteiger charge is 2.16. The third-order valence-corrected chi connectivity index (χ3v) is 5.84. The van der Waals surface area contributed by atoms with Crippen molar-refractivity contribution in [2.45, 2.75) is 11.4 Å². The lowest BCUT2D eigenvalue weighted by molar-refractivity contribution is 0.581. The van der Waals surface area contributed by atoms with Gasteiger partial charge in [0.05, 0.1) is 4.90 Å². The van der Waals surface area contributed by atoms with E-state index < -0.39 is 15.6 Å². The fraction of sp³-hybridized carbons (Fsp3) is 0.100. The Morgan fingerprint density at radius 3 is 2.79 bits per heavy atom. The zero-order chi connectivity index (χ0) is 14.0. The second kappa shape index (κ2) is 5.76. The number of nitrogens with one attached hydrogen (secondary N) is 2. The van der Waals surface area contributed by atoms with E-state index in [1.165, 1.54) is 11.3 Å². The molecule has 0 spiro atoms. The van der Waals surface area contributed by atoms with Crippen molar-refractivity contribution in [3.8, 4) is 0 Å². The fourth-order valence-electron chi connectivity index (χ4n) is 1.29. The van der Waals surface area contributed by atoms with Gasteiger partial charge in [-0.15, -0.1) is 11.3 Å². The summed E-state index contributed by atoms with van der Waals surface area (Å²) in [7, 11) is -3.71. The molecule has 0 aliphatic heterocycles. The molecule has 2 aromatic heterocycles. The van der Waals surface area contributed by atoms with Gasteiger partial charge in [0.2, 0.25) is 10.0 Å². The topological polar surface area (TPSA) is 79.0 Å². The summed E-state index contributed by atoms with van der Waals surface area (Å²) >= 11 is 10.4. The minimum atomic E-state index is -3.71. The van der Waals surface area contributed by atoms with E-state index in [1.807, 2.05) is 11.4 Å². The molecule has 0 aliphatic carbocycles. The van der Waals surface area contributed by atoms with Crippen molar-refractivity contribution in [1.82, 2.24) is 9.71 Å². The Labute approximate surface area is 126 Å². The largest absolute Gasteiger partial charge is 0.326 e. The highest BCUT2D eigenvalue weighted by molar-refractivity contribution is 9.10. The second-order valence-electron chi connectivity index (χ2n) is 3.53. The van der Waals surface area contributed by atoms with Crippen molar-refractivity contribution in [3.63, 3.8) is 0 Å². The minimum absolute atomic E-state index is 0.0789. The lowest BCUT2D eigenvalue weighted by Gasteiger charge is -2.06. The molecule has 0 aromatic carbocycles. The molecule has 9 heteroatoms. The van der Waals surface area contributed by atoms with Crippen molar-refractivity contribution in [3.05, 3.63) is 48.4 Å². The van der Waals surface area contributed by atoms with Gasteiger partial charge >= 0.3 is 0 Å². The maximum atomic E-state index is 12.0. The van der Waals surface area contributed by atoms with Crippen LogP contribution in [0.3, 0.4) is 0 Å². The first-order valence-electron chi connectivity index (χ1n) is 5.00. The molecule has 5 nitrogen and oxygen atoms in total. The zero-order valence-electron chi connectivity index (χ0n) is 9.31. The lowest BCUT2D eigenvalue weighted by Crippen LogP contribution is -2.24. The van der Waals surface area contributed by atoms with E-state index in [1.54, 1.807) is 0 Å². The van der Waals surface area contributed by atoms with E-state index in [2.05, 4.69) is 25.6 Å². The van der Waals surface area contributed by atoms with E-state index in [0.29, 0.717) is 0 Å². The number of thiophene rings is 1. The second-order valence-corrected chi connectivity index (χ2v) is 7.56. The molecule has 0 unspecified atom stereocenters. The molecule has 0 radical (unpaired) electrons. The lowest BCUT2D eigenvalue weighted by atomic mass is 10.5. The van der Waals surface area contributed by atoms with Crippen LogP contribution in [0.4, 0.5) is 0 Å². The Kier molecular flexibility index (Phi) is 4.46. The van der Waals surface area contributed by atoms with Gasteiger partial charge in [0.25, 0.3) is 5.56 Å². The van der Waals surface area contributed by atoms with Gasteiger partial charge in [0.1, 0.15) is 5.02 Å². The summed E-state index contributed by atoms with van der Waals surface area (Å²) in [5, 5.41) is 1.69. The van der Waals surface area contributed by atoms with E-state index in [-0.39, 0.29) is 16.5 Å². The average molecular weight is 384 g/mol. The normalized spacial score (nSPS) is 11.7. The number of aromatic amines is 1.